The molecule has 2 atom stereocenters. The Kier molecular flexibility index (Phi) is 4.29. The van der Waals surface area contributed by atoms with E-state index < -0.39 is 0 Å². The summed E-state index contributed by atoms with van der Waals surface area (Å²) in [5.74, 6) is 2.97. The predicted molar refractivity (Wildman–Crippen MR) is 82.3 cm³/mol. The standard InChI is InChI=1S/C16H21N3O3/c1-10-8-12(6-7-17-10)16-18-15(19-22-16)11-4-5-13(20-2)14(9-11)21-3/h4-5,9-10,12,17H,6-8H2,1-3H3/t10-,12-/m0/s1. The molecule has 6 heteroatoms. The zero-order chi connectivity index (χ0) is 15.5. The molecule has 1 aromatic heterocycles. The molecule has 1 fully saturated rings. The SMILES string of the molecule is COc1ccc(-c2noc([C@H]3CCN[C@@H](C)C3)n2)cc1OC. The van der Waals surface area contributed by atoms with Crippen LogP contribution in [0.1, 0.15) is 31.6 Å². The lowest BCUT2D eigenvalue weighted by Gasteiger charge is -2.25. The monoisotopic (exact) mass is 303 g/mol. The summed E-state index contributed by atoms with van der Waals surface area (Å²) in [7, 11) is 3.22. The Morgan fingerprint density at radius 1 is 1.23 bits per heavy atom. The minimum absolute atomic E-state index is 0.331. The van der Waals surface area contributed by atoms with Crippen LogP contribution in [-0.4, -0.2) is 36.9 Å². The number of benzene rings is 1. The van der Waals surface area contributed by atoms with E-state index in [1.54, 1.807) is 14.2 Å². The van der Waals surface area contributed by atoms with Gasteiger partial charge in [0, 0.05) is 17.5 Å². The number of aromatic nitrogens is 2. The van der Waals surface area contributed by atoms with Gasteiger partial charge in [-0.1, -0.05) is 5.16 Å². The third kappa shape index (κ3) is 2.92. The van der Waals surface area contributed by atoms with Gasteiger partial charge in [-0.3, -0.25) is 0 Å². The molecule has 0 saturated carbocycles. The van der Waals surface area contributed by atoms with Crippen molar-refractivity contribution in [2.45, 2.75) is 31.7 Å². The number of nitrogens with one attached hydrogen (secondary N) is 1. The van der Waals surface area contributed by atoms with E-state index in [9.17, 15) is 0 Å². The number of nitrogens with zero attached hydrogens (tertiary/aromatic N) is 2. The van der Waals surface area contributed by atoms with Gasteiger partial charge in [-0.2, -0.15) is 4.98 Å². The quantitative estimate of drug-likeness (QED) is 0.936. The molecule has 1 aliphatic rings. The number of methoxy groups -OCH3 is 2. The van der Waals surface area contributed by atoms with Crippen LogP contribution in [0.25, 0.3) is 11.4 Å². The molecule has 0 radical (unpaired) electrons. The van der Waals surface area contributed by atoms with Gasteiger partial charge in [0.2, 0.25) is 11.7 Å². The fourth-order valence-electron chi connectivity index (χ4n) is 2.85. The molecular formula is C16H21N3O3. The third-order valence-corrected chi connectivity index (χ3v) is 4.06. The predicted octanol–water partition coefficient (Wildman–Crippen LogP) is 2.61. The molecule has 1 aliphatic heterocycles. The number of hydrogen-bond donors (Lipinski definition) is 1. The van der Waals surface area contributed by atoms with E-state index in [0.717, 1.165) is 30.8 Å². The Balaban J connectivity index is 1.84. The van der Waals surface area contributed by atoms with Crippen LogP contribution in [0.15, 0.2) is 22.7 Å². The zero-order valence-corrected chi connectivity index (χ0v) is 13.1. The maximum atomic E-state index is 5.48. The normalized spacial score (nSPS) is 21.6. The smallest absolute Gasteiger partial charge is 0.230 e. The van der Waals surface area contributed by atoms with Gasteiger partial charge in [-0.25, -0.2) is 0 Å². The molecule has 118 valence electrons. The number of piperidine rings is 1. The molecule has 6 nitrogen and oxygen atoms in total. The summed E-state index contributed by atoms with van der Waals surface area (Å²) in [6, 6.07) is 6.09. The van der Waals surface area contributed by atoms with E-state index in [-0.39, 0.29) is 0 Å². The Labute approximate surface area is 129 Å². The summed E-state index contributed by atoms with van der Waals surface area (Å²) < 4.78 is 16.0. The highest BCUT2D eigenvalue weighted by molar-refractivity contribution is 5.60. The van der Waals surface area contributed by atoms with E-state index >= 15 is 0 Å². The van der Waals surface area contributed by atoms with E-state index in [0.29, 0.717) is 29.3 Å². The van der Waals surface area contributed by atoms with Crippen LogP contribution in [0.2, 0.25) is 0 Å². The number of hydrogen-bond acceptors (Lipinski definition) is 6. The first-order valence-electron chi connectivity index (χ1n) is 7.50. The molecule has 2 heterocycles. The third-order valence-electron chi connectivity index (χ3n) is 4.06. The molecule has 1 saturated heterocycles. The van der Waals surface area contributed by atoms with Crippen LogP contribution < -0.4 is 14.8 Å². The Morgan fingerprint density at radius 3 is 2.77 bits per heavy atom. The van der Waals surface area contributed by atoms with Crippen LogP contribution in [-0.2, 0) is 0 Å². The lowest BCUT2D eigenvalue weighted by Crippen LogP contribution is -2.34. The van der Waals surface area contributed by atoms with Crippen molar-refractivity contribution in [3.05, 3.63) is 24.1 Å². The van der Waals surface area contributed by atoms with Gasteiger partial charge >= 0.3 is 0 Å². The summed E-state index contributed by atoms with van der Waals surface area (Å²) in [5, 5.41) is 7.54. The summed E-state index contributed by atoms with van der Waals surface area (Å²) in [6.45, 7) is 3.16. The van der Waals surface area contributed by atoms with Crippen LogP contribution in [0.5, 0.6) is 11.5 Å². The second-order valence-corrected chi connectivity index (χ2v) is 5.60. The van der Waals surface area contributed by atoms with E-state index in [1.165, 1.54) is 0 Å². The first-order valence-corrected chi connectivity index (χ1v) is 7.50. The van der Waals surface area contributed by atoms with Crippen molar-refractivity contribution in [2.75, 3.05) is 20.8 Å². The van der Waals surface area contributed by atoms with Gasteiger partial charge in [-0.05, 0) is 44.5 Å². The average molecular weight is 303 g/mol. The minimum Gasteiger partial charge on any atom is -0.493 e. The van der Waals surface area contributed by atoms with Gasteiger partial charge in [0.15, 0.2) is 11.5 Å². The highest BCUT2D eigenvalue weighted by Gasteiger charge is 2.25. The van der Waals surface area contributed by atoms with Gasteiger partial charge in [-0.15, -0.1) is 0 Å². The van der Waals surface area contributed by atoms with Crippen molar-refractivity contribution in [2.24, 2.45) is 0 Å². The maximum Gasteiger partial charge on any atom is 0.230 e. The van der Waals surface area contributed by atoms with Crippen molar-refractivity contribution in [3.63, 3.8) is 0 Å². The average Bonchev–Trinajstić information content (AvgIpc) is 3.04. The van der Waals surface area contributed by atoms with Crippen molar-refractivity contribution >= 4 is 0 Å². The molecule has 22 heavy (non-hydrogen) atoms. The molecule has 0 unspecified atom stereocenters. The molecule has 0 amide bonds. The van der Waals surface area contributed by atoms with E-state index in [1.807, 2.05) is 18.2 Å². The van der Waals surface area contributed by atoms with E-state index in [4.69, 9.17) is 14.0 Å². The molecular weight excluding hydrogens is 282 g/mol. The highest BCUT2D eigenvalue weighted by atomic mass is 16.5. The van der Waals surface area contributed by atoms with Crippen molar-refractivity contribution in [3.8, 4) is 22.9 Å². The van der Waals surface area contributed by atoms with E-state index in [2.05, 4.69) is 22.4 Å². The number of ether oxygens (including phenoxy) is 2. The van der Waals surface area contributed by atoms with Gasteiger partial charge in [0.05, 0.1) is 14.2 Å². The molecule has 0 bridgehead atoms. The summed E-state index contributed by atoms with van der Waals surface area (Å²) in [5.41, 5.74) is 0.856. The zero-order valence-electron chi connectivity index (χ0n) is 13.1. The second-order valence-electron chi connectivity index (χ2n) is 5.60. The lowest BCUT2D eigenvalue weighted by molar-refractivity contribution is 0.295. The van der Waals surface area contributed by atoms with Gasteiger partial charge < -0.3 is 19.3 Å². The molecule has 3 rings (SSSR count). The highest BCUT2D eigenvalue weighted by Crippen LogP contribution is 2.32. The maximum absolute atomic E-state index is 5.48. The summed E-state index contributed by atoms with van der Waals surface area (Å²) >= 11 is 0. The molecule has 1 N–H and O–H groups in total. The Bertz CT molecular complexity index is 641. The van der Waals surface area contributed by atoms with Crippen molar-refractivity contribution in [1.82, 2.24) is 15.5 Å². The largest absolute Gasteiger partial charge is 0.493 e. The Hall–Kier alpha value is -2.08. The second kappa shape index (κ2) is 6.36. The minimum atomic E-state index is 0.331. The van der Waals surface area contributed by atoms with Crippen LogP contribution in [0.4, 0.5) is 0 Å². The molecule has 1 aromatic carbocycles. The summed E-state index contributed by atoms with van der Waals surface area (Å²) in [6.07, 6.45) is 2.05. The molecule has 0 aliphatic carbocycles. The first-order chi connectivity index (χ1) is 10.7. The fraction of sp³-hybridized carbons (Fsp3) is 0.500. The van der Waals surface area contributed by atoms with Crippen LogP contribution in [0, 0.1) is 0 Å². The van der Waals surface area contributed by atoms with Crippen molar-refractivity contribution < 1.29 is 14.0 Å². The lowest BCUT2D eigenvalue weighted by atomic mass is 9.93. The van der Waals surface area contributed by atoms with Crippen LogP contribution >= 0.6 is 0 Å². The van der Waals surface area contributed by atoms with Crippen molar-refractivity contribution in [1.29, 1.82) is 0 Å². The number of rotatable bonds is 4. The van der Waals surface area contributed by atoms with Gasteiger partial charge in [0.25, 0.3) is 0 Å². The van der Waals surface area contributed by atoms with Crippen LogP contribution in [0.3, 0.4) is 0 Å². The summed E-state index contributed by atoms with van der Waals surface area (Å²) in [4.78, 5) is 4.57. The molecule has 0 spiro atoms. The molecule has 2 aromatic rings. The Morgan fingerprint density at radius 2 is 2.05 bits per heavy atom. The first kappa shape index (κ1) is 14.8. The van der Waals surface area contributed by atoms with Gasteiger partial charge in [0.1, 0.15) is 0 Å². The topological polar surface area (TPSA) is 69.4 Å². The fourth-order valence-corrected chi connectivity index (χ4v) is 2.85.